The molecule has 1 fully saturated rings. The maximum Gasteiger partial charge on any atom is 0.112 e. The predicted molar refractivity (Wildman–Crippen MR) is 104 cm³/mol. The van der Waals surface area contributed by atoms with E-state index >= 15 is 0 Å². The molecule has 3 nitrogen and oxygen atoms in total. The van der Waals surface area contributed by atoms with Crippen LogP contribution in [0, 0.1) is 17.2 Å². The summed E-state index contributed by atoms with van der Waals surface area (Å²) < 4.78 is 29.1. The van der Waals surface area contributed by atoms with Crippen LogP contribution >= 0.6 is 11.6 Å². The number of alkyl halides is 2. The molecule has 0 radical (unpaired) electrons. The minimum atomic E-state index is -0.858. The summed E-state index contributed by atoms with van der Waals surface area (Å²) in [7, 11) is 0. The first-order valence-electron chi connectivity index (χ1n) is 9.15. The van der Waals surface area contributed by atoms with Gasteiger partial charge in [0.05, 0.1) is 28.5 Å². The van der Waals surface area contributed by atoms with E-state index in [2.05, 4.69) is 10.6 Å². The molecule has 2 aliphatic rings. The highest BCUT2D eigenvalue weighted by atomic mass is 35.5. The number of hydrogen-bond acceptors (Lipinski definition) is 2. The Balaban J connectivity index is 1.95. The van der Waals surface area contributed by atoms with Crippen LogP contribution in [0.4, 0.5) is 8.78 Å². The van der Waals surface area contributed by atoms with E-state index in [1.54, 1.807) is 11.0 Å². The van der Waals surface area contributed by atoms with Crippen molar-refractivity contribution in [3.8, 4) is 6.07 Å². The van der Waals surface area contributed by atoms with Gasteiger partial charge in [0.25, 0.3) is 0 Å². The Morgan fingerprint density at radius 2 is 2.04 bits per heavy atom. The SMILES string of the molecule is N#Cc1c(C2=CC=CCN2C(CF)CF)n(CC2CC2)c2ccc(Cl)cc12. The van der Waals surface area contributed by atoms with Gasteiger partial charge in [-0.05, 0) is 43.0 Å². The number of benzene rings is 1. The first kappa shape index (κ1) is 18.1. The Labute approximate surface area is 162 Å². The van der Waals surface area contributed by atoms with Gasteiger partial charge in [0.15, 0.2) is 0 Å². The van der Waals surface area contributed by atoms with Gasteiger partial charge in [-0.1, -0.05) is 23.8 Å². The number of fused-ring (bicyclic) bond motifs is 1. The molecule has 0 atom stereocenters. The van der Waals surface area contributed by atoms with E-state index in [9.17, 15) is 14.0 Å². The number of nitrogens with zero attached hydrogens (tertiary/aromatic N) is 3. The molecule has 0 unspecified atom stereocenters. The van der Waals surface area contributed by atoms with Crippen molar-refractivity contribution in [3.05, 3.63) is 52.7 Å². The maximum atomic E-state index is 13.5. The van der Waals surface area contributed by atoms with Crippen molar-refractivity contribution in [1.82, 2.24) is 9.47 Å². The van der Waals surface area contributed by atoms with Crippen LogP contribution in [-0.4, -0.2) is 35.4 Å². The van der Waals surface area contributed by atoms with Gasteiger partial charge in [-0.25, -0.2) is 8.78 Å². The molecule has 6 heteroatoms. The normalized spacial score (nSPS) is 16.9. The fourth-order valence-electron chi connectivity index (χ4n) is 3.75. The second kappa shape index (κ2) is 7.36. The lowest BCUT2D eigenvalue weighted by Crippen LogP contribution is -2.39. The molecule has 1 aromatic carbocycles. The maximum absolute atomic E-state index is 13.5. The standard InChI is InChI=1S/C21H20ClF2N3/c22-15-6-7-19-17(9-15)18(12-25)21(27(19)13-14-4-5-14)20-3-1-2-8-26(20)16(10-23)11-24/h1-3,6-7,9,14,16H,4-5,8,10-11,13H2. The first-order chi connectivity index (χ1) is 13.2. The van der Waals surface area contributed by atoms with Crippen molar-refractivity contribution in [2.45, 2.75) is 25.4 Å². The molecule has 0 saturated heterocycles. The number of rotatable bonds is 6. The highest BCUT2D eigenvalue weighted by Gasteiger charge is 2.31. The van der Waals surface area contributed by atoms with Crippen LogP contribution in [0.25, 0.3) is 16.6 Å². The van der Waals surface area contributed by atoms with Crippen LogP contribution in [0.5, 0.6) is 0 Å². The van der Waals surface area contributed by atoms with E-state index in [0.29, 0.717) is 28.7 Å². The Bertz CT molecular complexity index is 962. The highest BCUT2D eigenvalue weighted by Crippen LogP contribution is 2.39. The molecule has 2 aromatic rings. The van der Waals surface area contributed by atoms with Gasteiger partial charge in [-0.15, -0.1) is 0 Å². The number of nitriles is 1. The third-order valence-corrected chi connectivity index (χ3v) is 5.55. The number of allylic oxidation sites excluding steroid dienone is 2. The highest BCUT2D eigenvalue weighted by molar-refractivity contribution is 6.31. The quantitative estimate of drug-likeness (QED) is 0.690. The van der Waals surface area contributed by atoms with Crippen molar-refractivity contribution in [1.29, 1.82) is 5.26 Å². The van der Waals surface area contributed by atoms with Crippen LogP contribution in [0.15, 0.2) is 36.4 Å². The second-order valence-corrected chi connectivity index (χ2v) is 7.58. The van der Waals surface area contributed by atoms with Crippen molar-refractivity contribution in [2.24, 2.45) is 5.92 Å². The van der Waals surface area contributed by atoms with Crippen LogP contribution in [0.1, 0.15) is 24.1 Å². The van der Waals surface area contributed by atoms with Crippen LogP contribution in [0.3, 0.4) is 0 Å². The Morgan fingerprint density at radius 1 is 1.26 bits per heavy atom. The van der Waals surface area contributed by atoms with Crippen molar-refractivity contribution < 1.29 is 8.78 Å². The smallest absolute Gasteiger partial charge is 0.112 e. The van der Waals surface area contributed by atoms with E-state index in [4.69, 9.17) is 11.6 Å². The van der Waals surface area contributed by atoms with Gasteiger partial charge >= 0.3 is 0 Å². The summed E-state index contributed by atoms with van der Waals surface area (Å²) >= 11 is 6.18. The summed E-state index contributed by atoms with van der Waals surface area (Å²) in [5.74, 6) is 0.577. The average molecular weight is 388 g/mol. The molecular formula is C21H20ClF2N3. The minimum Gasteiger partial charge on any atom is -0.358 e. The second-order valence-electron chi connectivity index (χ2n) is 7.15. The van der Waals surface area contributed by atoms with E-state index in [1.807, 2.05) is 30.4 Å². The van der Waals surface area contributed by atoms with E-state index in [-0.39, 0.29) is 0 Å². The summed E-state index contributed by atoms with van der Waals surface area (Å²) in [6.45, 7) is -0.350. The number of hydrogen-bond donors (Lipinski definition) is 0. The molecule has 1 saturated carbocycles. The Kier molecular flexibility index (Phi) is 4.92. The zero-order chi connectivity index (χ0) is 19.0. The summed E-state index contributed by atoms with van der Waals surface area (Å²) in [4.78, 5) is 1.72. The van der Waals surface area contributed by atoms with Crippen LogP contribution in [-0.2, 0) is 6.54 Å². The molecule has 27 heavy (non-hydrogen) atoms. The van der Waals surface area contributed by atoms with Gasteiger partial charge < -0.3 is 9.47 Å². The Hall–Kier alpha value is -2.32. The molecular weight excluding hydrogens is 368 g/mol. The number of halogens is 3. The monoisotopic (exact) mass is 387 g/mol. The third kappa shape index (κ3) is 3.23. The third-order valence-electron chi connectivity index (χ3n) is 5.32. The van der Waals surface area contributed by atoms with E-state index in [1.165, 1.54) is 0 Å². The van der Waals surface area contributed by atoms with E-state index < -0.39 is 19.4 Å². The van der Waals surface area contributed by atoms with Gasteiger partial charge in [-0.3, -0.25) is 0 Å². The lowest BCUT2D eigenvalue weighted by molar-refractivity contribution is 0.211. The van der Waals surface area contributed by atoms with Gasteiger partial charge in [0.2, 0.25) is 0 Å². The van der Waals surface area contributed by atoms with Crippen molar-refractivity contribution in [2.75, 3.05) is 19.9 Å². The predicted octanol–water partition coefficient (Wildman–Crippen LogP) is 5.10. The first-order valence-corrected chi connectivity index (χ1v) is 9.53. The molecule has 1 aromatic heterocycles. The zero-order valence-electron chi connectivity index (χ0n) is 14.8. The van der Waals surface area contributed by atoms with Crippen LogP contribution < -0.4 is 0 Å². The summed E-state index contributed by atoms with van der Waals surface area (Å²) in [6, 6.07) is 7.00. The molecule has 1 aliphatic carbocycles. The zero-order valence-corrected chi connectivity index (χ0v) is 15.6. The lowest BCUT2D eigenvalue weighted by Gasteiger charge is -2.34. The average Bonchev–Trinajstić information content (AvgIpc) is 3.45. The molecule has 2 heterocycles. The van der Waals surface area contributed by atoms with Gasteiger partial charge in [0.1, 0.15) is 19.4 Å². The molecule has 0 bridgehead atoms. The summed E-state index contributed by atoms with van der Waals surface area (Å²) in [6.07, 6.45) is 7.93. The van der Waals surface area contributed by atoms with Crippen molar-refractivity contribution >= 4 is 28.2 Å². The summed E-state index contributed by atoms with van der Waals surface area (Å²) in [5, 5.41) is 11.3. The minimum absolute atomic E-state index is 0.418. The fourth-order valence-corrected chi connectivity index (χ4v) is 3.92. The molecule has 140 valence electrons. The molecule has 0 N–H and O–H groups in total. The molecule has 0 spiro atoms. The fraction of sp³-hybridized carbons (Fsp3) is 0.381. The van der Waals surface area contributed by atoms with Crippen LogP contribution in [0.2, 0.25) is 5.02 Å². The number of aromatic nitrogens is 1. The van der Waals surface area contributed by atoms with Gasteiger partial charge in [0, 0.05) is 23.5 Å². The largest absolute Gasteiger partial charge is 0.358 e. The molecule has 4 rings (SSSR count). The molecule has 0 amide bonds. The topological polar surface area (TPSA) is 32.0 Å². The Morgan fingerprint density at radius 3 is 2.70 bits per heavy atom. The van der Waals surface area contributed by atoms with E-state index in [0.717, 1.165) is 36.0 Å². The summed E-state index contributed by atoms with van der Waals surface area (Å²) in [5.41, 5.74) is 2.88. The van der Waals surface area contributed by atoms with Crippen molar-refractivity contribution in [3.63, 3.8) is 0 Å². The molecule has 1 aliphatic heterocycles. The lowest BCUT2D eigenvalue weighted by atomic mass is 10.1. The van der Waals surface area contributed by atoms with Gasteiger partial charge in [-0.2, -0.15) is 5.26 Å².